The maximum Gasteiger partial charge on any atom is 0.320 e. The number of hydrogen-bond acceptors (Lipinski definition) is 14. The molecule has 0 bridgehead atoms. The molecule has 0 saturated carbocycles. The van der Waals surface area contributed by atoms with Crippen LogP contribution in [-0.2, 0) is 38.1 Å². The molecule has 0 aliphatic carbocycles. The zero-order valence-corrected chi connectivity index (χ0v) is 51.9. The molecular formula is C64H102N4O10. The van der Waals surface area contributed by atoms with Crippen LogP contribution in [-0.4, -0.2) is 154 Å². The maximum absolute atomic E-state index is 14.1. The molecule has 438 valence electrons. The van der Waals surface area contributed by atoms with Gasteiger partial charge in [-0.1, -0.05) is 24.3 Å². The highest BCUT2D eigenvalue weighted by Crippen LogP contribution is 2.43. The second-order valence-corrected chi connectivity index (χ2v) is 28.7. The Labute approximate surface area is 470 Å². The molecule has 0 spiro atoms. The van der Waals surface area contributed by atoms with Crippen molar-refractivity contribution in [2.45, 2.75) is 257 Å². The third kappa shape index (κ3) is 15.2. The summed E-state index contributed by atoms with van der Waals surface area (Å²) < 4.78 is 37.2. The third-order valence-electron chi connectivity index (χ3n) is 19.2. The maximum atomic E-state index is 14.1. The number of nitrogens with zero attached hydrogens (tertiary/aromatic N) is 4. The molecule has 14 heteroatoms. The van der Waals surface area contributed by atoms with Crippen molar-refractivity contribution >= 4 is 23.9 Å². The van der Waals surface area contributed by atoms with E-state index in [1.807, 2.05) is 48.5 Å². The van der Waals surface area contributed by atoms with Crippen molar-refractivity contribution in [1.29, 1.82) is 0 Å². The quantitative estimate of drug-likeness (QED) is 0.0571. The second-order valence-electron chi connectivity index (χ2n) is 28.7. The zero-order chi connectivity index (χ0) is 58.2. The lowest BCUT2D eigenvalue weighted by Gasteiger charge is -2.53. The lowest BCUT2D eigenvalue weighted by Crippen LogP contribution is -2.61. The Morgan fingerprint density at radius 3 is 0.756 bits per heavy atom. The summed E-state index contributed by atoms with van der Waals surface area (Å²) in [4.78, 5) is 65.6. The van der Waals surface area contributed by atoms with E-state index >= 15 is 0 Å². The molecule has 78 heavy (non-hydrogen) atoms. The van der Waals surface area contributed by atoms with Crippen molar-refractivity contribution in [3.8, 4) is 22.6 Å². The number of carbonyl (C=O) groups is 4. The molecule has 0 radical (unpaired) electrons. The summed E-state index contributed by atoms with van der Waals surface area (Å²) in [6.07, 6.45) is 5.48. The number of ether oxygens (including phenoxy) is 6. The van der Waals surface area contributed by atoms with Crippen LogP contribution in [0.3, 0.4) is 0 Å². The Kier molecular flexibility index (Phi) is 19.1. The fourth-order valence-corrected chi connectivity index (χ4v) is 13.5. The van der Waals surface area contributed by atoms with Crippen molar-refractivity contribution in [2.75, 3.05) is 41.4 Å². The van der Waals surface area contributed by atoms with Crippen molar-refractivity contribution in [2.24, 2.45) is 11.8 Å². The lowest BCUT2D eigenvalue weighted by molar-refractivity contribution is -0.180. The fraction of sp³-hybridized carbons (Fsp3) is 0.750. The summed E-state index contributed by atoms with van der Waals surface area (Å²) in [5, 5.41) is 0. The van der Waals surface area contributed by atoms with Gasteiger partial charge in [0.25, 0.3) is 0 Å². The van der Waals surface area contributed by atoms with Gasteiger partial charge in [-0.2, -0.15) is 0 Å². The van der Waals surface area contributed by atoms with E-state index in [1.165, 1.54) is 0 Å². The number of benzene rings is 2. The number of likely N-dealkylation sites (tertiary alicyclic amines) is 4. The smallest absolute Gasteiger partial charge is 0.320 e. The van der Waals surface area contributed by atoms with Gasteiger partial charge in [-0.05, 0) is 200 Å². The molecule has 4 aliphatic heterocycles. The summed E-state index contributed by atoms with van der Waals surface area (Å²) in [7, 11) is 8.46. The summed E-state index contributed by atoms with van der Waals surface area (Å²) in [6.45, 7) is 35.3. The van der Waals surface area contributed by atoms with Crippen LogP contribution in [0.25, 0.3) is 11.1 Å². The minimum Gasteiger partial charge on any atom is -0.494 e. The average molecular weight is 1090 g/mol. The molecule has 0 atom stereocenters. The highest BCUT2D eigenvalue weighted by atomic mass is 16.6. The van der Waals surface area contributed by atoms with Crippen molar-refractivity contribution < 1.29 is 47.6 Å². The molecule has 4 fully saturated rings. The third-order valence-corrected chi connectivity index (χ3v) is 19.2. The number of rotatable bonds is 19. The van der Waals surface area contributed by atoms with Crippen LogP contribution in [0.15, 0.2) is 48.5 Å². The van der Waals surface area contributed by atoms with Crippen LogP contribution in [0.1, 0.15) is 188 Å². The molecule has 4 saturated heterocycles. The highest BCUT2D eigenvalue weighted by molar-refractivity contribution is 5.95. The van der Waals surface area contributed by atoms with E-state index in [-0.39, 0.29) is 81.6 Å². The number of piperidine rings is 4. The minimum absolute atomic E-state index is 0.187. The molecule has 6 rings (SSSR count). The van der Waals surface area contributed by atoms with Crippen LogP contribution >= 0.6 is 0 Å². The molecule has 4 aliphatic rings. The number of hydrogen-bond donors (Lipinski definition) is 0. The summed E-state index contributed by atoms with van der Waals surface area (Å²) in [5.74, 6) is -2.86. The standard InChI is InChI=1S/C64H102N4O10/c1-57(2)35-47(36-58(3,4)65(57)17)75-53(69)51(54(70)76-48-37-59(5,6)66(18)60(7,8)38-48)23-21-33-73-45-29-25-43(26-30-45)44-27-31-46(32-28-44)74-34-22-24-52(55(71)77-49-39-61(9,10)67(19)62(11,12)40-49)56(72)78-50-41-63(13,14)68(20)64(15,16)42-50/h25-32,47-52H,21-24,33-42H2,1-20H3. The SMILES string of the molecule is CN1C(C)(C)CC(OC(=O)C(CCCOc2ccc(-c3ccc(OCCCC(C(=O)OC4CC(C)(C)N(C)C(C)(C)C4)C(=O)OC4CC(C)(C)N(C)C(C)(C)C4)cc3)cc2)C(=O)OC2CC(C)(C)N(C)C(C)(C)C2)CC1(C)C. The van der Waals surface area contributed by atoms with E-state index < -0.39 is 35.7 Å². The number of carbonyl (C=O) groups excluding carboxylic acids is 4. The van der Waals surface area contributed by atoms with Crippen LogP contribution in [0.2, 0.25) is 0 Å². The van der Waals surface area contributed by atoms with Gasteiger partial charge < -0.3 is 28.4 Å². The Morgan fingerprint density at radius 2 is 0.564 bits per heavy atom. The molecule has 0 unspecified atom stereocenters. The summed E-state index contributed by atoms with van der Waals surface area (Å²) in [5.41, 5.74) is 0.488. The van der Waals surface area contributed by atoms with Crippen molar-refractivity contribution in [3.63, 3.8) is 0 Å². The van der Waals surface area contributed by atoms with Crippen molar-refractivity contribution in [3.05, 3.63) is 48.5 Å². The first-order valence-electron chi connectivity index (χ1n) is 29.1. The molecule has 4 heterocycles. The van der Waals surface area contributed by atoms with E-state index in [2.05, 4.69) is 159 Å². The first-order chi connectivity index (χ1) is 35.9. The predicted molar refractivity (Wildman–Crippen MR) is 308 cm³/mol. The average Bonchev–Trinajstić information content (AvgIpc) is 3.32. The predicted octanol–water partition coefficient (Wildman–Crippen LogP) is 11.7. The largest absolute Gasteiger partial charge is 0.494 e. The van der Waals surface area contributed by atoms with Gasteiger partial charge in [0.1, 0.15) is 35.9 Å². The van der Waals surface area contributed by atoms with Gasteiger partial charge in [0, 0.05) is 95.7 Å². The Bertz CT molecular complexity index is 2040. The first kappa shape index (κ1) is 62.9. The molecule has 14 nitrogen and oxygen atoms in total. The van der Waals surface area contributed by atoms with Crippen LogP contribution < -0.4 is 9.47 Å². The molecule has 0 N–H and O–H groups in total. The molecule has 0 amide bonds. The van der Waals surface area contributed by atoms with E-state index in [0.29, 0.717) is 88.9 Å². The van der Waals surface area contributed by atoms with E-state index in [0.717, 1.165) is 11.1 Å². The number of esters is 4. The highest BCUT2D eigenvalue weighted by Gasteiger charge is 2.50. The Hall–Kier alpha value is -4.24. The Balaban J connectivity index is 1.03. The molecule has 0 aromatic heterocycles. The fourth-order valence-electron chi connectivity index (χ4n) is 13.5. The van der Waals surface area contributed by atoms with Gasteiger partial charge >= 0.3 is 23.9 Å². The van der Waals surface area contributed by atoms with Gasteiger partial charge in [-0.3, -0.25) is 38.8 Å². The summed E-state index contributed by atoms with van der Waals surface area (Å²) in [6, 6.07) is 15.7. The molecule has 2 aromatic rings. The Morgan fingerprint density at radius 1 is 0.372 bits per heavy atom. The van der Waals surface area contributed by atoms with E-state index in [9.17, 15) is 19.2 Å². The molecule has 2 aromatic carbocycles. The van der Waals surface area contributed by atoms with E-state index in [4.69, 9.17) is 28.4 Å². The van der Waals surface area contributed by atoms with Gasteiger partial charge in [0.05, 0.1) is 13.2 Å². The lowest BCUT2D eigenvalue weighted by atomic mass is 9.78. The zero-order valence-electron chi connectivity index (χ0n) is 51.9. The second kappa shape index (κ2) is 23.7. The van der Waals surface area contributed by atoms with Crippen molar-refractivity contribution in [1.82, 2.24) is 19.6 Å². The normalized spacial score (nSPS) is 23.6. The van der Waals surface area contributed by atoms with Crippen LogP contribution in [0.5, 0.6) is 11.5 Å². The first-order valence-corrected chi connectivity index (χ1v) is 29.1. The van der Waals surface area contributed by atoms with Gasteiger partial charge in [-0.15, -0.1) is 0 Å². The van der Waals surface area contributed by atoms with Gasteiger partial charge in [0.15, 0.2) is 11.8 Å². The van der Waals surface area contributed by atoms with E-state index in [1.54, 1.807) is 0 Å². The minimum atomic E-state index is -1.06. The molecular weight excluding hydrogens is 985 g/mol. The topological polar surface area (TPSA) is 137 Å². The summed E-state index contributed by atoms with van der Waals surface area (Å²) >= 11 is 0. The van der Waals surface area contributed by atoms with Gasteiger partial charge in [-0.25, -0.2) is 0 Å². The monoisotopic (exact) mass is 1090 g/mol. The van der Waals surface area contributed by atoms with Crippen LogP contribution in [0, 0.1) is 11.8 Å². The van der Waals surface area contributed by atoms with Crippen LogP contribution in [0.4, 0.5) is 0 Å². The van der Waals surface area contributed by atoms with Gasteiger partial charge in [0.2, 0.25) is 0 Å².